The van der Waals surface area contributed by atoms with Gasteiger partial charge in [-0.3, -0.25) is 0 Å². The Kier molecular flexibility index (Phi) is 2.54. The van der Waals surface area contributed by atoms with Crippen molar-refractivity contribution in [3.8, 4) is 0 Å². The molecule has 1 aromatic rings. The molecular formula is C8H8F2O. The monoisotopic (exact) mass is 158 g/mol. The molecule has 0 amide bonds. The molecule has 0 heterocycles. The molecule has 0 bridgehead atoms. The average molecular weight is 158 g/mol. The quantitative estimate of drug-likeness (QED) is 0.696. The molecule has 0 aromatic heterocycles. The van der Waals surface area contributed by atoms with Crippen LogP contribution in [0.2, 0.25) is 0 Å². The van der Waals surface area contributed by atoms with Crippen molar-refractivity contribution in [1.29, 1.82) is 0 Å². The fourth-order valence-corrected chi connectivity index (χ4v) is 0.807. The molecular weight excluding hydrogens is 150 g/mol. The molecule has 1 atom stereocenters. The van der Waals surface area contributed by atoms with Crippen molar-refractivity contribution in [1.82, 2.24) is 0 Å². The smallest absolute Gasteiger partial charge is 0.148 e. The van der Waals surface area contributed by atoms with Crippen LogP contribution < -0.4 is 0 Å². The molecule has 0 saturated carbocycles. The number of hydrogen-bond donors (Lipinski definition) is 1. The van der Waals surface area contributed by atoms with Gasteiger partial charge in [0.1, 0.15) is 12.0 Å². The van der Waals surface area contributed by atoms with Crippen LogP contribution in [0.15, 0.2) is 24.3 Å². The summed E-state index contributed by atoms with van der Waals surface area (Å²) in [5.74, 6) is -0.487. The van der Waals surface area contributed by atoms with Gasteiger partial charge in [-0.1, -0.05) is 12.1 Å². The minimum atomic E-state index is -1.48. The summed E-state index contributed by atoms with van der Waals surface area (Å²) in [5.41, 5.74) is 0.174. The lowest BCUT2D eigenvalue weighted by Gasteiger charge is -2.03. The third kappa shape index (κ3) is 1.98. The Morgan fingerprint density at radius 3 is 2.73 bits per heavy atom. The van der Waals surface area contributed by atoms with Crippen molar-refractivity contribution < 1.29 is 13.9 Å². The van der Waals surface area contributed by atoms with Crippen LogP contribution in [0.25, 0.3) is 0 Å². The maximum Gasteiger partial charge on any atom is 0.148 e. The summed E-state index contributed by atoms with van der Waals surface area (Å²) >= 11 is 0. The van der Waals surface area contributed by atoms with E-state index in [0.29, 0.717) is 0 Å². The van der Waals surface area contributed by atoms with E-state index in [2.05, 4.69) is 0 Å². The highest BCUT2D eigenvalue weighted by atomic mass is 19.1. The van der Waals surface area contributed by atoms with E-state index in [0.717, 1.165) is 6.07 Å². The molecule has 60 valence electrons. The summed E-state index contributed by atoms with van der Waals surface area (Å²) < 4.78 is 25.0. The summed E-state index contributed by atoms with van der Waals surface area (Å²) in [6.45, 7) is -0.608. The first-order valence-corrected chi connectivity index (χ1v) is 3.24. The lowest BCUT2D eigenvalue weighted by molar-refractivity contribution is 0.179. The van der Waals surface area contributed by atoms with Gasteiger partial charge >= 0.3 is 0 Å². The molecule has 0 radical (unpaired) electrons. The average Bonchev–Trinajstić information content (AvgIpc) is 2.03. The van der Waals surface area contributed by atoms with E-state index in [-0.39, 0.29) is 5.56 Å². The lowest BCUT2D eigenvalue weighted by Crippen LogP contribution is -1.96. The van der Waals surface area contributed by atoms with Crippen molar-refractivity contribution in [2.24, 2.45) is 0 Å². The molecule has 0 aliphatic carbocycles. The minimum absolute atomic E-state index is 0.174. The highest BCUT2D eigenvalue weighted by Crippen LogP contribution is 2.16. The van der Waals surface area contributed by atoms with Crippen LogP contribution in [0.3, 0.4) is 0 Å². The van der Waals surface area contributed by atoms with Crippen LogP contribution in [0.5, 0.6) is 0 Å². The van der Waals surface area contributed by atoms with E-state index in [1.165, 1.54) is 18.2 Å². The second kappa shape index (κ2) is 3.44. The molecule has 0 aliphatic rings. The molecule has 1 rings (SSSR count). The van der Waals surface area contributed by atoms with Crippen LogP contribution in [-0.2, 0) is 0 Å². The van der Waals surface area contributed by atoms with E-state index < -0.39 is 18.6 Å². The predicted octanol–water partition coefficient (Wildman–Crippen LogP) is 1.83. The van der Waals surface area contributed by atoms with Crippen molar-refractivity contribution in [3.05, 3.63) is 35.6 Å². The first-order chi connectivity index (χ1) is 5.24. The van der Waals surface area contributed by atoms with E-state index in [9.17, 15) is 8.78 Å². The Morgan fingerprint density at radius 2 is 2.18 bits per heavy atom. The lowest BCUT2D eigenvalue weighted by atomic mass is 10.1. The van der Waals surface area contributed by atoms with Crippen molar-refractivity contribution in [2.75, 3.05) is 6.61 Å². The van der Waals surface area contributed by atoms with Gasteiger partial charge in [-0.25, -0.2) is 8.78 Å². The largest absolute Gasteiger partial charge is 0.393 e. The van der Waals surface area contributed by atoms with Gasteiger partial charge in [0, 0.05) is 0 Å². The van der Waals surface area contributed by atoms with Gasteiger partial charge in [0.2, 0.25) is 0 Å². The molecule has 0 saturated heterocycles. The number of hydrogen-bond acceptors (Lipinski definition) is 1. The van der Waals surface area contributed by atoms with Crippen LogP contribution in [0.4, 0.5) is 8.78 Å². The molecule has 1 N–H and O–H groups in total. The Morgan fingerprint density at radius 1 is 1.45 bits per heavy atom. The fraction of sp³-hybridized carbons (Fsp3) is 0.250. The summed E-state index contributed by atoms with van der Waals surface area (Å²) in [6.07, 6.45) is -1.48. The van der Waals surface area contributed by atoms with Gasteiger partial charge in [-0.2, -0.15) is 0 Å². The molecule has 1 nitrogen and oxygen atoms in total. The van der Waals surface area contributed by atoms with Crippen molar-refractivity contribution in [3.63, 3.8) is 0 Å². The fourth-order valence-electron chi connectivity index (χ4n) is 0.807. The second-order valence-corrected chi connectivity index (χ2v) is 2.21. The Hall–Kier alpha value is -0.960. The predicted molar refractivity (Wildman–Crippen MR) is 37.3 cm³/mol. The van der Waals surface area contributed by atoms with Gasteiger partial charge in [-0.05, 0) is 17.7 Å². The molecule has 3 heteroatoms. The zero-order valence-electron chi connectivity index (χ0n) is 5.80. The molecule has 0 aliphatic heterocycles. The standard InChI is InChI=1S/C8H8F2O/c9-7-3-1-2-6(4-7)8(10)5-11/h1-4,8,11H,5H2/t8-/m1/s1. The van der Waals surface area contributed by atoms with Gasteiger partial charge < -0.3 is 5.11 Å². The van der Waals surface area contributed by atoms with Gasteiger partial charge in [0.05, 0.1) is 6.61 Å². The normalized spacial score (nSPS) is 13.0. The van der Waals surface area contributed by atoms with Crippen molar-refractivity contribution >= 4 is 0 Å². The zero-order valence-corrected chi connectivity index (χ0v) is 5.80. The first kappa shape index (κ1) is 8.14. The topological polar surface area (TPSA) is 20.2 Å². The molecule has 0 spiro atoms. The van der Waals surface area contributed by atoms with Crippen LogP contribution in [0, 0.1) is 5.82 Å². The van der Waals surface area contributed by atoms with E-state index in [1.807, 2.05) is 0 Å². The summed E-state index contributed by atoms with van der Waals surface area (Å²) in [6, 6.07) is 5.14. The maximum atomic E-state index is 12.6. The Labute approximate surface area is 63.3 Å². The summed E-state index contributed by atoms with van der Waals surface area (Å²) in [4.78, 5) is 0. The Bertz CT molecular complexity index is 237. The zero-order chi connectivity index (χ0) is 8.27. The number of aliphatic hydroxyl groups is 1. The number of benzene rings is 1. The number of halogens is 2. The third-order valence-electron chi connectivity index (χ3n) is 1.37. The van der Waals surface area contributed by atoms with Gasteiger partial charge in [-0.15, -0.1) is 0 Å². The molecule has 11 heavy (non-hydrogen) atoms. The SMILES string of the molecule is OC[C@@H](F)c1cccc(F)c1. The summed E-state index contributed by atoms with van der Waals surface area (Å²) in [5, 5.41) is 8.38. The second-order valence-electron chi connectivity index (χ2n) is 2.21. The number of rotatable bonds is 2. The molecule has 1 aromatic carbocycles. The highest BCUT2D eigenvalue weighted by molar-refractivity contribution is 5.18. The van der Waals surface area contributed by atoms with Crippen LogP contribution >= 0.6 is 0 Å². The Balaban J connectivity index is 2.86. The molecule has 0 unspecified atom stereocenters. The van der Waals surface area contributed by atoms with E-state index >= 15 is 0 Å². The first-order valence-electron chi connectivity index (χ1n) is 3.24. The molecule has 0 fully saturated rings. The number of alkyl halides is 1. The maximum absolute atomic E-state index is 12.6. The van der Waals surface area contributed by atoms with Crippen LogP contribution in [-0.4, -0.2) is 11.7 Å². The minimum Gasteiger partial charge on any atom is -0.393 e. The van der Waals surface area contributed by atoms with E-state index in [1.54, 1.807) is 0 Å². The van der Waals surface area contributed by atoms with Gasteiger partial charge in [0.15, 0.2) is 0 Å². The van der Waals surface area contributed by atoms with Crippen molar-refractivity contribution in [2.45, 2.75) is 6.17 Å². The van der Waals surface area contributed by atoms with E-state index in [4.69, 9.17) is 5.11 Å². The highest BCUT2D eigenvalue weighted by Gasteiger charge is 2.07. The van der Waals surface area contributed by atoms with Crippen LogP contribution in [0.1, 0.15) is 11.7 Å². The van der Waals surface area contributed by atoms with Gasteiger partial charge in [0.25, 0.3) is 0 Å². The number of aliphatic hydroxyl groups excluding tert-OH is 1. The third-order valence-corrected chi connectivity index (χ3v) is 1.37. The summed E-state index contributed by atoms with van der Waals surface area (Å²) in [7, 11) is 0.